The molecule has 0 aliphatic carbocycles. The lowest BCUT2D eigenvalue weighted by atomic mass is 9.90. The van der Waals surface area contributed by atoms with Crippen molar-refractivity contribution >= 4 is 16.0 Å². The van der Waals surface area contributed by atoms with Gasteiger partial charge in [-0.15, -0.1) is 0 Å². The van der Waals surface area contributed by atoms with E-state index in [2.05, 4.69) is 40.8 Å². The molecule has 2 aliphatic heterocycles. The lowest BCUT2D eigenvalue weighted by Crippen LogP contribution is -2.49. The smallest absolute Gasteiger partial charge is 0.475 e. The second-order valence-electron chi connectivity index (χ2n) is 7.86. The Balaban J connectivity index is 0.000000396. The Hall–Kier alpha value is -1.69. The Bertz CT molecular complexity index is 830. The molecule has 0 radical (unpaired) electrons. The van der Waals surface area contributed by atoms with Crippen LogP contribution in [0, 0.1) is 6.92 Å². The van der Waals surface area contributed by atoms with Gasteiger partial charge in [-0.2, -0.15) is 13.2 Å². The van der Waals surface area contributed by atoms with Gasteiger partial charge in [-0.25, -0.2) is 17.9 Å². The number of sulfonamides is 1. The second-order valence-corrected chi connectivity index (χ2v) is 9.64. The third kappa shape index (κ3) is 7.86. The number of likely N-dealkylation sites (tertiary alicyclic amines) is 1. The number of nitrogens with zero attached hydrogens (tertiary/aromatic N) is 1. The van der Waals surface area contributed by atoms with Gasteiger partial charge >= 0.3 is 12.1 Å². The van der Waals surface area contributed by atoms with Gasteiger partial charge in [0.2, 0.25) is 10.0 Å². The fraction of sp³-hybridized carbons (Fsp3) is 0.632. The summed E-state index contributed by atoms with van der Waals surface area (Å²) in [6.45, 7) is 5.53. The van der Waals surface area contributed by atoms with Crippen molar-refractivity contribution in [3.63, 3.8) is 0 Å². The van der Waals surface area contributed by atoms with Crippen molar-refractivity contribution < 1.29 is 36.2 Å². The molecule has 1 spiro atoms. The molecule has 2 saturated heterocycles. The quantitative estimate of drug-likeness (QED) is 0.728. The van der Waals surface area contributed by atoms with Gasteiger partial charge in [0.25, 0.3) is 0 Å². The van der Waals surface area contributed by atoms with Crippen LogP contribution in [0.4, 0.5) is 13.2 Å². The first-order valence-electron chi connectivity index (χ1n) is 9.47. The predicted molar refractivity (Wildman–Crippen MR) is 104 cm³/mol. The molecular weight excluding hydrogens is 425 g/mol. The zero-order chi connectivity index (χ0) is 22.6. The number of hydrogen-bond acceptors (Lipinski definition) is 5. The van der Waals surface area contributed by atoms with Gasteiger partial charge < -0.3 is 9.84 Å². The standard InChI is InChI=1S/C17H26N2O3S.C2HF3O2/c1-14-3-5-15(6-4-14)12-19-9-8-17(13-19)11-16(7-10-22-17)18-23(2,20)21;3-2(4,5)1(6)7/h3-6,16,18H,7-13H2,1-2H3;(H,6,7)/t16-,17+;/m0./s1. The fourth-order valence-corrected chi connectivity index (χ4v) is 4.54. The van der Waals surface area contributed by atoms with E-state index in [0.29, 0.717) is 6.61 Å². The largest absolute Gasteiger partial charge is 0.490 e. The summed E-state index contributed by atoms with van der Waals surface area (Å²) in [5.41, 5.74) is 2.40. The zero-order valence-corrected chi connectivity index (χ0v) is 17.7. The number of aliphatic carboxylic acids is 1. The highest BCUT2D eigenvalue weighted by Gasteiger charge is 2.43. The Morgan fingerprint density at radius 3 is 2.47 bits per heavy atom. The van der Waals surface area contributed by atoms with Crippen LogP contribution in [0.25, 0.3) is 0 Å². The van der Waals surface area contributed by atoms with Gasteiger partial charge in [-0.3, -0.25) is 4.90 Å². The molecule has 0 unspecified atom stereocenters. The molecule has 2 aliphatic rings. The average molecular weight is 452 g/mol. The minimum atomic E-state index is -5.08. The number of aryl methyl sites for hydroxylation is 1. The summed E-state index contributed by atoms with van der Waals surface area (Å²) >= 11 is 0. The molecule has 170 valence electrons. The summed E-state index contributed by atoms with van der Waals surface area (Å²) < 4.78 is 63.5. The number of benzene rings is 1. The molecule has 0 amide bonds. The lowest BCUT2D eigenvalue weighted by molar-refractivity contribution is -0.192. The zero-order valence-electron chi connectivity index (χ0n) is 16.9. The minimum absolute atomic E-state index is 0.00178. The van der Waals surface area contributed by atoms with Crippen LogP contribution in [0.2, 0.25) is 0 Å². The van der Waals surface area contributed by atoms with E-state index in [1.807, 2.05) is 0 Å². The van der Waals surface area contributed by atoms with E-state index in [-0.39, 0.29) is 11.6 Å². The van der Waals surface area contributed by atoms with E-state index in [0.717, 1.165) is 38.9 Å². The summed E-state index contributed by atoms with van der Waals surface area (Å²) in [5.74, 6) is -2.76. The van der Waals surface area contributed by atoms with Gasteiger partial charge in [-0.1, -0.05) is 29.8 Å². The minimum Gasteiger partial charge on any atom is -0.475 e. The van der Waals surface area contributed by atoms with Gasteiger partial charge in [0, 0.05) is 32.3 Å². The topological polar surface area (TPSA) is 95.9 Å². The van der Waals surface area contributed by atoms with Crippen molar-refractivity contribution in [1.82, 2.24) is 9.62 Å². The first-order valence-corrected chi connectivity index (χ1v) is 11.4. The number of nitrogens with one attached hydrogen (secondary N) is 1. The summed E-state index contributed by atoms with van der Waals surface area (Å²) in [7, 11) is -3.16. The number of halogens is 3. The van der Waals surface area contributed by atoms with E-state index in [1.54, 1.807) is 0 Å². The second kappa shape index (κ2) is 9.63. The van der Waals surface area contributed by atoms with Crippen molar-refractivity contribution in [3.8, 4) is 0 Å². The summed E-state index contributed by atoms with van der Waals surface area (Å²) in [4.78, 5) is 11.3. The van der Waals surface area contributed by atoms with Crippen molar-refractivity contribution in [1.29, 1.82) is 0 Å². The van der Waals surface area contributed by atoms with Gasteiger partial charge in [-0.05, 0) is 31.7 Å². The van der Waals surface area contributed by atoms with Crippen molar-refractivity contribution in [2.24, 2.45) is 0 Å². The lowest BCUT2D eigenvalue weighted by Gasteiger charge is -2.38. The number of rotatable bonds is 4. The number of carbonyl (C=O) groups is 1. The maximum absolute atomic E-state index is 11.5. The molecule has 2 N–H and O–H groups in total. The Kier molecular flexibility index (Phi) is 7.89. The van der Waals surface area contributed by atoms with Crippen LogP contribution in [0.5, 0.6) is 0 Å². The van der Waals surface area contributed by atoms with Crippen LogP contribution in [0.1, 0.15) is 30.4 Å². The normalized spacial score (nSPS) is 25.0. The predicted octanol–water partition coefficient (Wildman–Crippen LogP) is 2.30. The summed E-state index contributed by atoms with van der Waals surface area (Å²) in [6.07, 6.45) is -1.36. The van der Waals surface area contributed by atoms with Crippen LogP contribution in [-0.4, -0.2) is 68.2 Å². The van der Waals surface area contributed by atoms with E-state index in [1.165, 1.54) is 17.4 Å². The number of carboxylic acids is 1. The molecule has 2 fully saturated rings. The van der Waals surface area contributed by atoms with Crippen molar-refractivity contribution in [3.05, 3.63) is 35.4 Å². The maximum atomic E-state index is 11.5. The van der Waals surface area contributed by atoms with E-state index < -0.39 is 22.2 Å². The van der Waals surface area contributed by atoms with Gasteiger partial charge in [0.1, 0.15) is 0 Å². The fourth-order valence-electron chi connectivity index (χ4n) is 3.73. The van der Waals surface area contributed by atoms with Crippen LogP contribution < -0.4 is 4.72 Å². The highest BCUT2D eigenvalue weighted by Crippen LogP contribution is 2.35. The Morgan fingerprint density at radius 1 is 1.33 bits per heavy atom. The van der Waals surface area contributed by atoms with Crippen LogP contribution in [0.15, 0.2) is 24.3 Å². The van der Waals surface area contributed by atoms with E-state index in [9.17, 15) is 21.6 Å². The SMILES string of the molecule is Cc1ccc(CN2CC[C@@]3(C[C@@H](NS(C)(=O)=O)CCO3)C2)cc1.O=C(O)C(F)(F)F. The highest BCUT2D eigenvalue weighted by atomic mass is 32.2. The van der Waals surface area contributed by atoms with Gasteiger partial charge in [0.05, 0.1) is 11.9 Å². The van der Waals surface area contributed by atoms with E-state index >= 15 is 0 Å². The Labute approximate surface area is 174 Å². The first-order chi connectivity index (χ1) is 13.8. The molecule has 7 nitrogen and oxygen atoms in total. The third-order valence-corrected chi connectivity index (χ3v) is 5.80. The molecule has 3 rings (SSSR count). The molecule has 1 aromatic carbocycles. The van der Waals surface area contributed by atoms with Crippen LogP contribution in [-0.2, 0) is 26.1 Å². The van der Waals surface area contributed by atoms with Gasteiger partial charge in [0.15, 0.2) is 0 Å². The molecule has 30 heavy (non-hydrogen) atoms. The number of ether oxygens (including phenoxy) is 1. The molecule has 0 aromatic heterocycles. The molecule has 2 atom stereocenters. The first kappa shape index (κ1) is 24.6. The maximum Gasteiger partial charge on any atom is 0.490 e. The van der Waals surface area contributed by atoms with Crippen molar-refractivity contribution in [2.75, 3.05) is 26.0 Å². The number of carboxylic acid groups (broad SMARTS) is 1. The molecule has 0 bridgehead atoms. The van der Waals surface area contributed by atoms with Crippen LogP contribution >= 0.6 is 0 Å². The number of hydrogen-bond donors (Lipinski definition) is 2. The number of alkyl halides is 3. The average Bonchev–Trinajstić information content (AvgIpc) is 2.97. The third-order valence-electron chi connectivity index (χ3n) is 5.04. The monoisotopic (exact) mass is 452 g/mol. The Morgan fingerprint density at radius 2 is 1.93 bits per heavy atom. The highest BCUT2D eigenvalue weighted by molar-refractivity contribution is 7.88. The summed E-state index contributed by atoms with van der Waals surface area (Å²) in [5, 5.41) is 7.12. The van der Waals surface area contributed by atoms with Crippen LogP contribution in [0.3, 0.4) is 0 Å². The molecule has 11 heteroatoms. The molecule has 2 heterocycles. The molecule has 0 saturated carbocycles. The summed E-state index contributed by atoms with van der Waals surface area (Å²) in [6, 6.07) is 8.64. The molecular formula is C19H27F3N2O5S. The van der Waals surface area contributed by atoms with E-state index in [4.69, 9.17) is 14.6 Å². The molecule has 1 aromatic rings. The van der Waals surface area contributed by atoms with Crippen molar-refractivity contribution in [2.45, 2.75) is 50.6 Å².